The van der Waals surface area contributed by atoms with Gasteiger partial charge in [0.1, 0.15) is 29.4 Å². The summed E-state index contributed by atoms with van der Waals surface area (Å²) in [6.07, 6.45) is 1.60. The molecule has 2 aromatic carbocycles. The third-order valence-corrected chi connectivity index (χ3v) is 2.85. The average molecular weight is 256 g/mol. The van der Waals surface area contributed by atoms with Crippen LogP contribution in [0, 0.1) is 0 Å². The van der Waals surface area contributed by atoms with Gasteiger partial charge in [0.05, 0.1) is 6.26 Å². The summed E-state index contributed by atoms with van der Waals surface area (Å²) >= 11 is 0. The standard InChI is InChI=1S/C15H12O4/c16-11-2-1-3-13(6-11)18-8-10-9-19-15-7-12(17)4-5-14(10)15/h1-7,9,16-17H,8H2. The van der Waals surface area contributed by atoms with E-state index in [0.717, 1.165) is 10.9 Å². The lowest BCUT2D eigenvalue weighted by atomic mass is 10.2. The Bertz CT molecular complexity index is 715. The molecule has 0 saturated heterocycles. The summed E-state index contributed by atoms with van der Waals surface area (Å²) in [6.45, 7) is 0.335. The van der Waals surface area contributed by atoms with Crippen LogP contribution in [0.3, 0.4) is 0 Å². The number of hydrogen-bond donors (Lipinski definition) is 2. The Morgan fingerprint density at radius 2 is 1.84 bits per heavy atom. The molecular weight excluding hydrogens is 244 g/mol. The minimum atomic E-state index is 0.166. The van der Waals surface area contributed by atoms with Crippen molar-refractivity contribution in [1.82, 2.24) is 0 Å². The zero-order valence-corrected chi connectivity index (χ0v) is 10.0. The number of fused-ring (bicyclic) bond motifs is 1. The highest BCUT2D eigenvalue weighted by Gasteiger charge is 2.07. The molecule has 1 heterocycles. The van der Waals surface area contributed by atoms with Crippen LogP contribution in [0.15, 0.2) is 53.1 Å². The van der Waals surface area contributed by atoms with Crippen LogP contribution in [-0.2, 0) is 6.61 Å². The number of aromatic hydroxyl groups is 2. The normalized spacial score (nSPS) is 10.7. The highest BCUT2D eigenvalue weighted by molar-refractivity contribution is 5.82. The Labute approximate surface area is 109 Å². The van der Waals surface area contributed by atoms with Crippen molar-refractivity contribution in [2.24, 2.45) is 0 Å². The molecule has 0 aliphatic carbocycles. The van der Waals surface area contributed by atoms with Crippen LogP contribution < -0.4 is 4.74 Å². The number of furan rings is 1. The average Bonchev–Trinajstić information content (AvgIpc) is 2.78. The Hall–Kier alpha value is -2.62. The van der Waals surface area contributed by atoms with Crippen LogP contribution >= 0.6 is 0 Å². The lowest BCUT2D eigenvalue weighted by Gasteiger charge is -2.05. The van der Waals surface area contributed by atoms with E-state index in [4.69, 9.17) is 9.15 Å². The molecular formula is C15H12O4. The molecule has 0 bridgehead atoms. The Balaban J connectivity index is 1.82. The van der Waals surface area contributed by atoms with Crippen LogP contribution in [0.25, 0.3) is 11.0 Å². The lowest BCUT2D eigenvalue weighted by Crippen LogP contribution is -1.93. The number of rotatable bonds is 3. The van der Waals surface area contributed by atoms with Gasteiger partial charge in [-0.2, -0.15) is 0 Å². The molecule has 0 saturated carbocycles. The maximum Gasteiger partial charge on any atom is 0.137 e. The van der Waals surface area contributed by atoms with Crippen molar-refractivity contribution in [2.75, 3.05) is 0 Å². The SMILES string of the molecule is Oc1cccc(OCc2coc3cc(O)ccc23)c1. The van der Waals surface area contributed by atoms with E-state index in [9.17, 15) is 10.2 Å². The molecule has 0 fully saturated rings. The molecule has 4 nitrogen and oxygen atoms in total. The first-order chi connectivity index (χ1) is 9.22. The number of phenolic OH excluding ortho intramolecular Hbond substituents is 2. The highest BCUT2D eigenvalue weighted by atomic mass is 16.5. The summed E-state index contributed by atoms with van der Waals surface area (Å²) in [5.74, 6) is 0.926. The lowest BCUT2D eigenvalue weighted by molar-refractivity contribution is 0.304. The van der Waals surface area contributed by atoms with E-state index in [2.05, 4.69) is 0 Å². The second-order valence-electron chi connectivity index (χ2n) is 4.23. The molecule has 0 spiro atoms. The molecule has 3 aromatic rings. The quantitative estimate of drug-likeness (QED) is 0.753. The van der Waals surface area contributed by atoms with Crippen molar-refractivity contribution >= 4 is 11.0 Å². The summed E-state index contributed by atoms with van der Waals surface area (Å²) in [6, 6.07) is 11.6. The zero-order chi connectivity index (χ0) is 13.2. The van der Waals surface area contributed by atoms with E-state index >= 15 is 0 Å². The minimum absolute atomic E-state index is 0.166. The topological polar surface area (TPSA) is 62.8 Å². The Morgan fingerprint density at radius 1 is 1.00 bits per heavy atom. The fourth-order valence-electron chi connectivity index (χ4n) is 1.92. The minimum Gasteiger partial charge on any atom is -0.508 e. The predicted octanol–water partition coefficient (Wildman–Crippen LogP) is 3.42. The molecule has 0 amide bonds. The molecule has 0 aliphatic rings. The van der Waals surface area contributed by atoms with E-state index in [1.54, 1.807) is 48.7 Å². The van der Waals surface area contributed by atoms with Crippen LogP contribution in [0.2, 0.25) is 0 Å². The van der Waals surface area contributed by atoms with E-state index in [1.165, 1.54) is 0 Å². The second-order valence-corrected chi connectivity index (χ2v) is 4.23. The Kier molecular flexibility index (Phi) is 2.76. The predicted molar refractivity (Wildman–Crippen MR) is 70.3 cm³/mol. The molecule has 0 atom stereocenters. The first-order valence-electron chi connectivity index (χ1n) is 5.83. The number of ether oxygens (including phenoxy) is 1. The van der Waals surface area contributed by atoms with Crippen molar-refractivity contribution in [3.8, 4) is 17.2 Å². The molecule has 0 unspecified atom stereocenters. The van der Waals surface area contributed by atoms with Crippen LogP contribution in [0.1, 0.15) is 5.56 Å². The molecule has 3 rings (SSSR count). The molecule has 0 radical (unpaired) electrons. The van der Waals surface area contributed by atoms with E-state index in [-0.39, 0.29) is 11.5 Å². The number of phenols is 2. The molecule has 0 aliphatic heterocycles. The van der Waals surface area contributed by atoms with Gasteiger partial charge >= 0.3 is 0 Å². The third kappa shape index (κ3) is 2.33. The summed E-state index contributed by atoms with van der Waals surface area (Å²) < 4.78 is 10.9. The van der Waals surface area contributed by atoms with E-state index < -0.39 is 0 Å². The van der Waals surface area contributed by atoms with Gasteiger partial charge in [-0.1, -0.05) is 6.07 Å². The van der Waals surface area contributed by atoms with Crippen LogP contribution in [0.5, 0.6) is 17.2 Å². The first kappa shape index (κ1) is 11.5. The molecule has 1 aromatic heterocycles. The highest BCUT2D eigenvalue weighted by Crippen LogP contribution is 2.26. The van der Waals surface area contributed by atoms with Crippen molar-refractivity contribution in [3.05, 3.63) is 54.3 Å². The molecule has 19 heavy (non-hydrogen) atoms. The smallest absolute Gasteiger partial charge is 0.137 e. The van der Waals surface area contributed by atoms with Gasteiger partial charge < -0.3 is 19.4 Å². The molecule has 4 heteroatoms. The fraction of sp³-hybridized carbons (Fsp3) is 0.0667. The van der Waals surface area contributed by atoms with Crippen molar-refractivity contribution in [3.63, 3.8) is 0 Å². The fourth-order valence-corrected chi connectivity index (χ4v) is 1.92. The zero-order valence-electron chi connectivity index (χ0n) is 10.0. The molecule has 2 N–H and O–H groups in total. The van der Waals surface area contributed by atoms with Crippen molar-refractivity contribution in [2.45, 2.75) is 6.61 Å². The first-order valence-corrected chi connectivity index (χ1v) is 5.83. The maximum absolute atomic E-state index is 9.36. The Morgan fingerprint density at radius 3 is 2.68 bits per heavy atom. The van der Waals surface area contributed by atoms with Crippen molar-refractivity contribution < 1.29 is 19.4 Å². The van der Waals surface area contributed by atoms with E-state index in [0.29, 0.717) is 17.9 Å². The summed E-state index contributed by atoms with van der Waals surface area (Å²) in [5.41, 5.74) is 1.51. The van der Waals surface area contributed by atoms with Gasteiger partial charge in [-0.05, 0) is 24.3 Å². The van der Waals surface area contributed by atoms with Gasteiger partial charge in [0.2, 0.25) is 0 Å². The summed E-state index contributed by atoms with van der Waals surface area (Å²) in [4.78, 5) is 0. The summed E-state index contributed by atoms with van der Waals surface area (Å²) in [7, 11) is 0. The van der Waals surface area contributed by atoms with Crippen molar-refractivity contribution in [1.29, 1.82) is 0 Å². The van der Waals surface area contributed by atoms with Crippen LogP contribution in [0.4, 0.5) is 0 Å². The largest absolute Gasteiger partial charge is 0.508 e. The van der Waals surface area contributed by atoms with Gasteiger partial charge in [-0.3, -0.25) is 0 Å². The third-order valence-electron chi connectivity index (χ3n) is 2.85. The van der Waals surface area contributed by atoms with Gasteiger partial charge in [-0.15, -0.1) is 0 Å². The number of hydrogen-bond acceptors (Lipinski definition) is 4. The van der Waals surface area contributed by atoms with Gasteiger partial charge in [0.25, 0.3) is 0 Å². The number of benzene rings is 2. The maximum atomic E-state index is 9.36. The van der Waals surface area contributed by atoms with Gasteiger partial charge in [0.15, 0.2) is 0 Å². The second kappa shape index (κ2) is 4.57. The summed E-state index contributed by atoms with van der Waals surface area (Å²) in [5, 5.41) is 19.6. The van der Waals surface area contributed by atoms with Gasteiger partial charge in [-0.25, -0.2) is 0 Å². The van der Waals surface area contributed by atoms with Gasteiger partial charge in [0, 0.05) is 23.1 Å². The van der Waals surface area contributed by atoms with E-state index in [1.807, 2.05) is 0 Å². The molecule has 96 valence electrons. The monoisotopic (exact) mass is 256 g/mol. The van der Waals surface area contributed by atoms with Crippen LogP contribution in [-0.4, -0.2) is 10.2 Å².